The van der Waals surface area contributed by atoms with E-state index in [4.69, 9.17) is 14.6 Å². The molecule has 2 aromatic heterocycles. The number of nitrogens with two attached hydrogens (primary N) is 1. The van der Waals surface area contributed by atoms with Gasteiger partial charge in [-0.25, -0.2) is 13.1 Å². The summed E-state index contributed by atoms with van der Waals surface area (Å²) >= 11 is 0. The summed E-state index contributed by atoms with van der Waals surface area (Å²) in [6.07, 6.45) is 0. The van der Waals surface area contributed by atoms with Crippen molar-refractivity contribution in [1.82, 2.24) is 4.72 Å². The van der Waals surface area contributed by atoms with Gasteiger partial charge in [-0.15, -0.1) is 0 Å². The minimum Gasteiger partial charge on any atom is -0.465 e. The molecule has 2 aromatic rings. The van der Waals surface area contributed by atoms with Crippen molar-refractivity contribution in [2.75, 3.05) is 0 Å². The molecule has 2 heterocycles. The molecular weight excluding hydrogens is 280 g/mol. The molecule has 110 valence electrons. The normalized spacial score (nSPS) is 13.6. The highest BCUT2D eigenvalue weighted by atomic mass is 32.2. The van der Waals surface area contributed by atoms with Crippen molar-refractivity contribution in [2.24, 2.45) is 5.73 Å². The van der Waals surface area contributed by atoms with Gasteiger partial charge in [-0.05, 0) is 32.9 Å². The molecule has 0 saturated carbocycles. The molecule has 2 rings (SSSR count). The summed E-state index contributed by atoms with van der Waals surface area (Å²) in [6.45, 7) is 5.27. The summed E-state index contributed by atoms with van der Waals surface area (Å²) in [4.78, 5) is 0.105. The van der Waals surface area contributed by atoms with Crippen molar-refractivity contribution in [1.29, 1.82) is 0 Å². The van der Waals surface area contributed by atoms with Crippen LogP contribution in [0.3, 0.4) is 0 Å². The van der Waals surface area contributed by atoms with Crippen molar-refractivity contribution in [2.45, 2.75) is 38.3 Å². The zero-order chi connectivity index (χ0) is 14.9. The second kappa shape index (κ2) is 5.43. The van der Waals surface area contributed by atoms with Crippen LogP contribution in [0.4, 0.5) is 0 Å². The maximum absolute atomic E-state index is 12.3. The molecular formula is C13H18N2O4S. The molecule has 0 bridgehead atoms. The largest absolute Gasteiger partial charge is 0.465 e. The quantitative estimate of drug-likeness (QED) is 0.879. The summed E-state index contributed by atoms with van der Waals surface area (Å²) in [5, 5.41) is 0. The molecule has 20 heavy (non-hydrogen) atoms. The van der Waals surface area contributed by atoms with E-state index < -0.39 is 16.1 Å². The third-order valence-electron chi connectivity index (χ3n) is 2.93. The van der Waals surface area contributed by atoms with Gasteiger partial charge in [-0.2, -0.15) is 0 Å². The minimum absolute atomic E-state index is 0.105. The molecule has 0 radical (unpaired) electrons. The number of hydrogen-bond donors (Lipinski definition) is 2. The van der Waals surface area contributed by atoms with E-state index in [-0.39, 0.29) is 11.4 Å². The Kier molecular flexibility index (Phi) is 4.03. The van der Waals surface area contributed by atoms with Crippen LogP contribution in [0.1, 0.15) is 36.0 Å². The lowest BCUT2D eigenvalue weighted by Crippen LogP contribution is -2.26. The third kappa shape index (κ3) is 2.95. The van der Waals surface area contributed by atoms with E-state index in [2.05, 4.69) is 4.72 Å². The Morgan fingerprint density at radius 3 is 2.50 bits per heavy atom. The number of aryl methyl sites for hydroxylation is 2. The molecule has 0 amide bonds. The van der Waals surface area contributed by atoms with Gasteiger partial charge in [0, 0.05) is 6.07 Å². The predicted octanol–water partition coefficient (Wildman–Crippen LogP) is 1.99. The maximum Gasteiger partial charge on any atom is 0.244 e. The van der Waals surface area contributed by atoms with Crippen LogP contribution in [0.5, 0.6) is 0 Å². The first-order valence-electron chi connectivity index (χ1n) is 6.21. The number of furan rings is 2. The lowest BCUT2D eigenvalue weighted by atomic mass is 10.3. The molecule has 0 aliphatic carbocycles. The van der Waals surface area contributed by atoms with E-state index in [9.17, 15) is 8.42 Å². The number of rotatable bonds is 5. The van der Waals surface area contributed by atoms with Gasteiger partial charge in [-0.3, -0.25) is 0 Å². The van der Waals surface area contributed by atoms with Gasteiger partial charge in [0.1, 0.15) is 27.9 Å². The molecule has 6 nitrogen and oxygen atoms in total. The van der Waals surface area contributed by atoms with Gasteiger partial charge in [0.05, 0.1) is 12.6 Å². The van der Waals surface area contributed by atoms with Gasteiger partial charge in [0.15, 0.2) is 0 Å². The van der Waals surface area contributed by atoms with Gasteiger partial charge >= 0.3 is 0 Å². The Morgan fingerprint density at radius 2 is 2.00 bits per heavy atom. The van der Waals surface area contributed by atoms with Crippen molar-refractivity contribution < 1.29 is 17.3 Å². The smallest absolute Gasteiger partial charge is 0.244 e. The molecule has 0 aliphatic rings. The molecule has 0 saturated heterocycles. The van der Waals surface area contributed by atoms with Crippen LogP contribution in [0.25, 0.3) is 0 Å². The number of nitrogens with one attached hydrogen (secondary N) is 1. The van der Waals surface area contributed by atoms with Crippen LogP contribution in [0, 0.1) is 13.8 Å². The lowest BCUT2D eigenvalue weighted by Gasteiger charge is -2.11. The molecule has 0 fully saturated rings. The third-order valence-corrected chi connectivity index (χ3v) is 4.58. The van der Waals surface area contributed by atoms with Gasteiger partial charge in [-0.1, -0.05) is 0 Å². The van der Waals surface area contributed by atoms with Crippen LogP contribution in [-0.2, 0) is 16.6 Å². The fraction of sp³-hybridized carbons (Fsp3) is 0.385. The highest BCUT2D eigenvalue weighted by Crippen LogP contribution is 2.23. The van der Waals surface area contributed by atoms with Crippen molar-refractivity contribution >= 4 is 10.0 Å². The molecule has 1 atom stereocenters. The number of hydrogen-bond acceptors (Lipinski definition) is 5. The average Bonchev–Trinajstić information content (AvgIpc) is 2.95. The average molecular weight is 298 g/mol. The highest BCUT2D eigenvalue weighted by molar-refractivity contribution is 7.89. The Morgan fingerprint density at radius 1 is 1.30 bits per heavy atom. The first-order chi connectivity index (χ1) is 9.33. The number of sulfonamides is 1. The molecule has 1 unspecified atom stereocenters. The molecule has 7 heteroatoms. The zero-order valence-electron chi connectivity index (χ0n) is 11.6. The standard InChI is InChI=1S/C13H18N2O4S/c1-8-4-5-12(18-8)9(2)15-20(16,17)13-6-11(7-14)19-10(13)3/h4-6,9,15H,7,14H2,1-3H3. The van der Waals surface area contributed by atoms with E-state index in [1.807, 2.05) is 0 Å². The summed E-state index contributed by atoms with van der Waals surface area (Å²) in [6, 6.07) is 4.51. The van der Waals surface area contributed by atoms with Crippen LogP contribution in [0.15, 0.2) is 31.9 Å². The SMILES string of the molecule is Cc1ccc(C(C)NS(=O)(=O)c2cc(CN)oc2C)o1. The predicted molar refractivity (Wildman–Crippen MR) is 73.5 cm³/mol. The molecule has 0 aliphatic heterocycles. The second-order valence-corrected chi connectivity index (χ2v) is 6.31. The Labute approximate surface area is 118 Å². The Hall–Kier alpha value is -1.57. The second-order valence-electron chi connectivity index (χ2n) is 4.63. The maximum atomic E-state index is 12.3. The van der Waals surface area contributed by atoms with E-state index in [0.717, 1.165) is 5.76 Å². The fourth-order valence-corrected chi connectivity index (χ4v) is 3.35. The Bertz CT molecular complexity index is 700. The molecule has 3 N–H and O–H groups in total. The summed E-state index contributed by atoms with van der Waals surface area (Å²) in [5.41, 5.74) is 5.45. The van der Waals surface area contributed by atoms with Gasteiger partial charge in [0.2, 0.25) is 10.0 Å². The van der Waals surface area contributed by atoms with Crippen LogP contribution >= 0.6 is 0 Å². The van der Waals surface area contributed by atoms with E-state index in [1.54, 1.807) is 32.9 Å². The van der Waals surface area contributed by atoms with Crippen LogP contribution < -0.4 is 10.5 Å². The summed E-state index contributed by atoms with van der Waals surface area (Å²) in [5.74, 6) is 2.05. The van der Waals surface area contributed by atoms with E-state index >= 15 is 0 Å². The minimum atomic E-state index is -3.68. The van der Waals surface area contributed by atoms with Gasteiger partial charge < -0.3 is 14.6 Å². The van der Waals surface area contributed by atoms with E-state index in [0.29, 0.717) is 17.3 Å². The van der Waals surface area contributed by atoms with Crippen molar-refractivity contribution in [3.05, 3.63) is 41.2 Å². The zero-order valence-corrected chi connectivity index (χ0v) is 12.5. The van der Waals surface area contributed by atoms with Crippen LogP contribution in [-0.4, -0.2) is 8.42 Å². The monoisotopic (exact) mass is 298 g/mol. The van der Waals surface area contributed by atoms with Crippen molar-refractivity contribution in [3.8, 4) is 0 Å². The van der Waals surface area contributed by atoms with Crippen molar-refractivity contribution in [3.63, 3.8) is 0 Å². The van der Waals surface area contributed by atoms with Crippen LogP contribution in [0.2, 0.25) is 0 Å². The summed E-state index contributed by atoms with van der Waals surface area (Å²) in [7, 11) is -3.68. The molecule has 0 aromatic carbocycles. The fourth-order valence-electron chi connectivity index (χ4n) is 1.93. The first kappa shape index (κ1) is 14.8. The topological polar surface area (TPSA) is 98.5 Å². The van der Waals surface area contributed by atoms with Gasteiger partial charge in [0.25, 0.3) is 0 Å². The first-order valence-corrected chi connectivity index (χ1v) is 7.70. The Balaban J connectivity index is 2.24. The highest BCUT2D eigenvalue weighted by Gasteiger charge is 2.24. The molecule has 0 spiro atoms. The van der Waals surface area contributed by atoms with E-state index in [1.165, 1.54) is 6.07 Å². The summed E-state index contributed by atoms with van der Waals surface area (Å²) < 4.78 is 37.9. The lowest BCUT2D eigenvalue weighted by molar-refractivity contribution is 0.440.